The molecular weight excluding hydrogens is 484 g/mol. The minimum Gasteiger partial charge on any atom is -0.496 e. The van der Waals surface area contributed by atoms with Crippen molar-refractivity contribution in [1.82, 2.24) is 10.4 Å². The lowest BCUT2D eigenvalue weighted by Gasteiger charge is -2.22. The Bertz CT molecular complexity index is 1170. The van der Waals surface area contributed by atoms with E-state index in [0.29, 0.717) is 11.3 Å². The number of carbonyl (C=O) groups excluding carboxylic acids is 1. The van der Waals surface area contributed by atoms with Crippen LogP contribution in [0, 0.1) is 0 Å². The highest BCUT2D eigenvalue weighted by atomic mass is 79.9. The van der Waals surface area contributed by atoms with E-state index in [4.69, 9.17) is 4.74 Å². The zero-order chi connectivity index (χ0) is 22.3. The summed E-state index contributed by atoms with van der Waals surface area (Å²) in [6.07, 6.45) is 2.87. The number of pyridine rings is 1. The molecule has 3 rings (SSSR count). The summed E-state index contributed by atoms with van der Waals surface area (Å²) in [7, 11) is -2.48. The quantitative estimate of drug-likeness (QED) is 0.376. The normalized spacial score (nSPS) is 11.3. The predicted octanol–water partition coefficient (Wildman–Crippen LogP) is 3.20. The average Bonchev–Trinajstić information content (AvgIpc) is 2.79. The number of aromatic nitrogens is 1. The molecule has 0 aliphatic heterocycles. The fraction of sp³-hybridized carbons (Fsp3) is 0.0952. The number of methoxy groups -OCH3 is 1. The van der Waals surface area contributed by atoms with Crippen LogP contribution in [0.15, 0.2) is 87.4 Å². The lowest BCUT2D eigenvalue weighted by Crippen LogP contribution is -2.40. The van der Waals surface area contributed by atoms with Gasteiger partial charge >= 0.3 is 0 Å². The van der Waals surface area contributed by atoms with Gasteiger partial charge in [-0.3, -0.25) is 4.79 Å². The summed E-state index contributed by atoms with van der Waals surface area (Å²) in [5.74, 6) is 0.0671. The summed E-state index contributed by atoms with van der Waals surface area (Å²) in [5, 5.41) is 3.93. The molecule has 0 saturated carbocycles. The van der Waals surface area contributed by atoms with Gasteiger partial charge < -0.3 is 4.74 Å². The standard InChI is InChI=1S/C21H19BrN4O4S/c1-30-19-11-10-17(22)13-16(19)14-24-25-21(27)15-26(20-9-5-6-12-23-20)31(28,29)18-7-3-2-4-8-18/h2-14H,15H2,1H3,(H,25,27)/b24-14-. The Balaban J connectivity index is 1.81. The van der Waals surface area contributed by atoms with Crippen molar-refractivity contribution in [3.63, 3.8) is 0 Å². The fourth-order valence-electron chi connectivity index (χ4n) is 2.66. The van der Waals surface area contributed by atoms with Crippen molar-refractivity contribution in [1.29, 1.82) is 0 Å². The number of rotatable bonds is 8. The second-order valence-corrected chi connectivity index (χ2v) is 8.97. The number of sulfonamides is 1. The van der Waals surface area contributed by atoms with Gasteiger partial charge in [-0.1, -0.05) is 40.2 Å². The Morgan fingerprint density at radius 2 is 1.90 bits per heavy atom. The van der Waals surface area contributed by atoms with Gasteiger partial charge in [-0.05, 0) is 42.5 Å². The van der Waals surface area contributed by atoms with E-state index in [1.165, 1.54) is 37.7 Å². The van der Waals surface area contributed by atoms with Crippen molar-refractivity contribution in [2.45, 2.75) is 4.90 Å². The molecular formula is C21H19BrN4O4S. The van der Waals surface area contributed by atoms with Crippen LogP contribution in [0.5, 0.6) is 5.75 Å². The molecule has 1 aromatic heterocycles. The zero-order valence-electron chi connectivity index (χ0n) is 16.5. The van der Waals surface area contributed by atoms with Crippen molar-refractivity contribution < 1.29 is 17.9 Å². The molecule has 1 N–H and O–H groups in total. The summed E-state index contributed by atoms with van der Waals surface area (Å²) in [5.41, 5.74) is 2.99. The third-order valence-electron chi connectivity index (χ3n) is 4.11. The van der Waals surface area contributed by atoms with Gasteiger partial charge in [0.15, 0.2) is 0 Å². The van der Waals surface area contributed by atoms with Gasteiger partial charge in [0.2, 0.25) is 0 Å². The Morgan fingerprint density at radius 1 is 1.16 bits per heavy atom. The molecule has 0 saturated heterocycles. The smallest absolute Gasteiger partial charge is 0.265 e. The molecule has 0 aliphatic carbocycles. The third-order valence-corrected chi connectivity index (χ3v) is 6.37. The number of carbonyl (C=O) groups is 1. The first-order chi connectivity index (χ1) is 14.9. The van der Waals surface area contributed by atoms with Gasteiger partial charge in [0.25, 0.3) is 15.9 Å². The van der Waals surface area contributed by atoms with Crippen molar-refractivity contribution in [2.24, 2.45) is 5.10 Å². The molecule has 0 bridgehead atoms. The zero-order valence-corrected chi connectivity index (χ0v) is 18.9. The minimum absolute atomic E-state index is 0.0517. The third kappa shape index (κ3) is 5.68. The molecule has 0 spiro atoms. The molecule has 0 unspecified atom stereocenters. The van der Waals surface area contributed by atoms with E-state index in [1.807, 2.05) is 6.07 Å². The van der Waals surface area contributed by atoms with Crippen LogP contribution in [-0.4, -0.2) is 39.2 Å². The van der Waals surface area contributed by atoms with Gasteiger partial charge in [0, 0.05) is 16.2 Å². The number of nitrogens with one attached hydrogen (secondary N) is 1. The van der Waals surface area contributed by atoms with Crippen LogP contribution < -0.4 is 14.5 Å². The highest BCUT2D eigenvalue weighted by molar-refractivity contribution is 9.10. The Morgan fingerprint density at radius 3 is 2.58 bits per heavy atom. The molecule has 0 fully saturated rings. The highest BCUT2D eigenvalue weighted by Crippen LogP contribution is 2.22. The minimum atomic E-state index is -4.01. The second kappa shape index (κ2) is 10.2. The van der Waals surface area contributed by atoms with Gasteiger partial charge in [-0.15, -0.1) is 0 Å². The molecule has 0 radical (unpaired) electrons. The lowest BCUT2D eigenvalue weighted by molar-refractivity contribution is -0.119. The van der Waals surface area contributed by atoms with Crippen LogP contribution >= 0.6 is 15.9 Å². The fourth-order valence-corrected chi connectivity index (χ4v) is 4.43. The second-order valence-electron chi connectivity index (χ2n) is 6.19. The van der Waals surface area contributed by atoms with E-state index < -0.39 is 22.5 Å². The van der Waals surface area contributed by atoms with Gasteiger partial charge in [0.1, 0.15) is 18.1 Å². The number of amides is 1. The van der Waals surface area contributed by atoms with Crippen LogP contribution in [0.25, 0.3) is 0 Å². The Labute approximate surface area is 188 Å². The van der Waals surface area contributed by atoms with Crippen LogP contribution in [0.3, 0.4) is 0 Å². The van der Waals surface area contributed by atoms with Crippen molar-refractivity contribution in [3.8, 4) is 5.75 Å². The molecule has 0 aliphatic rings. The SMILES string of the molecule is COc1ccc(Br)cc1/C=N\NC(=O)CN(c1ccccn1)S(=O)(=O)c1ccccc1. The predicted molar refractivity (Wildman–Crippen MR) is 122 cm³/mol. The molecule has 1 amide bonds. The first kappa shape index (κ1) is 22.4. The summed E-state index contributed by atoms with van der Waals surface area (Å²) in [4.78, 5) is 16.7. The maximum Gasteiger partial charge on any atom is 0.265 e. The van der Waals surface area contributed by atoms with Gasteiger partial charge in [-0.2, -0.15) is 5.10 Å². The van der Waals surface area contributed by atoms with E-state index in [-0.39, 0.29) is 10.7 Å². The number of hydrogen-bond donors (Lipinski definition) is 1. The molecule has 1 heterocycles. The average molecular weight is 503 g/mol. The van der Waals surface area contributed by atoms with Crippen LogP contribution in [0.1, 0.15) is 5.56 Å². The Hall–Kier alpha value is -3.24. The lowest BCUT2D eigenvalue weighted by atomic mass is 10.2. The van der Waals surface area contributed by atoms with E-state index in [1.54, 1.807) is 42.5 Å². The van der Waals surface area contributed by atoms with Crippen molar-refractivity contribution in [3.05, 3.63) is 83.0 Å². The molecule has 160 valence electrons. The molecule has 31 heavy (non-hydrogen) atoms. The number of halogens is 1. The number of anilines is 1. The van der Waals surface area contributed by atoms with Crippen LogP contribution in [0.4, 0.5) is 5.82 Å². The topological polar surface area (TPSA) is 101 Å². The van der Waals surface area contributed by atoms with E-state index in [2.05, 4.69) is 31.4 Å². The molecule has 0 atom stereocenters. The number of ether oxygens (including phenoxy) is 1. The Kier molecular flexibility index (Phi) is 7.37. The number of hydrogen-bond acceptors (Lipinski definition) is 6. The maximum atomic E-state index is 13.1. The first-order valence-electron chi connectivity index (χ1n) is 9.06. The van der Waals surface area contributed by atoms with Crippen molar-refractivity contribution in [2.75, 3.05) is 18.0 Å². The van der Waals surface area contributed by atoms with E-state index >= 15 is 0 Å². The summed E-state index contributed by atoms with van der Waals surface area (Å²) >= 11 is 3.36. The monoisotopic (exact) mass is 502 g/mol. The molecule has 10 heteroatoms. The largest absolute Gasteiger partial charge is 0.496 e. The number of benzene rings is 2. The van der Waals surface area contributed by atoms with Crippen molar-refractivity contribution >= 4 is 43.9 Å². The summed E-state index contributed by atoms with van der Waals surface area (Å²) in [6, 6.07) is 18.0. The maximum absolute atomic E-state index is 13.1. The highest BCUT2D eigenvalue weighted by Gasteiger charge is 2.27. The number of hydrazone groups is 1. The molecule has 3 aromatic rings. The molecule has 8 nitrogen and oxygen atoms in total. The first-order valence-corrected chi connectivity index (χ1v) is 11.3. The van der Waals surface area contributed by atoms with E-state index in [9.17, 15) is 13.2 Å². The van der Waals surface area contributed by atoms with Crippen LogP contribution in [0.2, 0.25) is 0 Å². The summed E-state index contributed by atoms with van der Waals surface area (Å²) < 4.78 is 33.3. The molecule has 2 aromatic carbocycles. The van der Waals surface area contributed by atoms with E-state index in [0.717, 1.165) is 8.78 Å². The summed E-state index contributed by atoms with van der Waals surface area (Å²) in [6.45, 7) is -0.499. The number of nitrogens with zero attached hydrogens (tertiary/aromatic N) is 3. The van der Waals surface area contributed by atoms with Gasteiger partial charge in [-0.25, -0.2) is 23.1 Å². The van der Waals surface area contributed by atoms with Gasteiger partial charge in [0.05, 0.1) is 18.2 Å². The van der Waals surface area contributed by atoms with Crippen LogP contribution in [-0.2, 0) is 14.8 Å².